The highest BCUT2D eigenvalue weighted by molar-refractivity contribution is 6.29. The molecule has 2 rings (SSSR count). The van der Waals surface area contributed by atoms with Crippen LogP contribution in [0.2, 0.25) is 5.15 Å². The molecule has 1 heterocycles. The van der Waals surface area contributed by atoms with Crippen LogP contribution in [0.25, 0.3) is 0 Å². The molecule has 0 amide bonds. The average Bonchev–Trinajstić information content (AvgIpc) is 2.40. The predicted octanol–water partition coefficient (Wildman–Crippen LogP) is 4.62. The second-order valence-corrected chi connectivity index (χ2v) is 4.84. The Morgan fingerprint density at radius 3 is 2.29 bits per heavy atom. The van der Waals surface area contributed by atoms with Gasteiger partial charge in [-0.1, -0.05) is 29.3 Å². The minimum atomic E-state index is -4.63. The van der Waals surface area contributed by atoms with Gasteiger partial charge in [-0.3, -0.25) is 0 Å². The molecule has 1 aromatic carbocycles. The van der Waals surface area contributed by atoms with E-state index in [2.05, 4.69) is 9.97 Å². The van der Waals surface area contributed by atoms with Gasteiger partial charge in [-0.15, -0.1) is 0 Å². The Kier molecular flexibility index (Phi) is 4.37. The minimum absolute atomic E-state index is 0.119. The Labute approximate surface area is 125 Å². The summed E-state index contributed by atoms with van der Waals surface area (Å²) in [5, 5.41) is -0.238. The molecular formula is C14H13ClF3N3. The van der Waals surface area contributed by atoms with Crippen LogP contribution in [0.5, 0.6) is 0 Å². The van der Waals surface area contributed by atoms with Crippen molar-refractivity contribution >= 4 is 23.1 Å². The van der Waals surface area contributed by atoms with Gasteiger partial charge in [0.05, 0.1) is 0 Å². The van der Waals surface area contributed by atoms with Crippen LogP contribution in [-0.2, 0) is 6.18 Å². The molecule has 0 N–H and O–H groups in total. The van der Waals surface area contributed by atoms with Crippen LogP contribution in [0.4, 0.5) is 24.7 Å². The van der Waals surface area contributed by atoms with Crippen LogP contribution < -0.4 is 4.90 Å². The molecule has 21 heavy (non-hydrogen) atoms. The number of hydrogen-bond acceptors (Lipinski definition) is 3. The number of halogens is 4. The normalized spacial score (nSPS) is 11.5. The third-order valence-corrected chi connectivity index (χ3v) is 3.07. The zero-order valence-corrected chi connectivity index (χ0v) is 12.2. The van der Waals surface area contributed by atoms with E-state index >= 15 is 0 Å². The van der Waals surface area contributed by atoms with Gasteiger partial charge >= 0.3 is 6.18 Å². The number of anilines is 2. The van der Waals surface area contributed by atoms with Gasteiger partial charge in [0, 0.05) is 18.3 Å². The van der Waals surface area contributed by atoms with E-state index in [0.717, 1.165) is 11.3 Å². The molecule has 0 aliphatic rings. The van der Waals surface area contributed by atoms with E-state index in [1.165, 1.54) is 6.07 Å². The molecule has 0 aliphatic carbocycles. The Bertz CT molecular complexity index is 626. The smallest absolute Gasteiger partial charge is 0.327 e. The number of nitrogens with zero attached hydrogens (tertiary/aromatic N) is 3. The van der Waals surface area contributed by atoms with Crippen molar-refractivity contribution < 1.29 is 13.2 Å². The van der Waals surface area contributed by atoms with Gasteiger partial charge in [-0.2, -0.15) is 13.2 Å². The minimum Gasteiger partial charge on any atom is -0.327 e. The van der Waals surface area contributed by atoms with Gasteiger partial charge in [0.25, 0.3) is 0 Å². The van der Waals surface area contributed by atoms with E-state index in [9.17, 15) is 13.2 Å². The lowest BCUT2D eigenvalue weighted by molar-refractivity contribution is -0.144. The van der Waals surface area contributed by atoms with Gasteiger partial charge in [0.15, 0.2) is 0 Å². The summed E-state index contributed by atoms with van der Waals surface area (Å²) in [4.78, 5) is 8.45. The molecule has 0 fully saturated rings. The topological polar surface area (TPSA) is 29.0 Å². The molecule has 112 valence electrons. The van der Waals surface area contributed by atoms with Crippen molar-refractivity contribution in [3.8, 4) is 0 Å². The lowest BCUT2D eigenvalue weighted by Gasteiger charge is -2.23. The van der Waals surface area contributed by atoms with Crippen LogP contribution in [0, 0.1) is 6.92 Å². The largest absolute Gasteiger partial charge is 0.451 e. The second kappa shape index (κ2) is 5.89. The number of aromatic nitrogens is 2. The van der Waals surface area contributed by atoms with Crippen molar-refractivity contribution in [2.75, 3.05) is 11.4 Å². The standard InChI is InChI=1S/C14H13ClF3N3/c1-3-21(10-6-4-9(2)5-7-10)12-8-11(15)19-13(20-12)14(16,17)18/h4-8H,3H2,1-2H3. The molecule has 0 spiro atoms. The first-order valence-electron chi connectivity index (χ1n) is 6.27. The van der Waals surface area contributed by atoms with Gasteiger partial charge in [-0.25, -0.2) is 9.97 Å². The van der Waals surface area contributed by atoms with Crippen LogP contribution in [-0.4, -0.2) is 16.5 Å². The van der Waals surface area contributed by atoms with Crippen LogP contribution in [0.3, 0.4) is 0 Å². The van der Waals surface area contributed by atoms with E-state index < -0.39 is 12.0 Å². The molecule has 0 saturated heterocycles. The van der Waals surface area contributed by atoms with Crippen molar-refractivity contribution in [3.63, 3.8) is 0 Å². The maximum Gasteiger partial charge on any atom is 0.451 e. The summed E-state index contributed by atoms with van der Waals surface area (Å²) >= 11 is 5.69. The Hall–Kier alpha value is -1.82. The first-order valence-corrected chi connectivity index (χ1v) is 6.65. The average molecular weight is 316 g/mol. The van der Waals surface area contributed by atoms with Crippen molar-refractivity contribution in [1.82, 2.24) is 9.97 Å². The van der Waals surface area contributed by atoms with Crippen LogP contribution >= 0.6 is 11.6 Å². The molecule has 7 heteroatoms. The summed E-state index contributed by atoms with van der Waals surface area (Å²) in [6, 6.07) is 8.72. The van der Waals surface area contributed by atoms with E-state index in [0.29, 0.717) is 6.54 Å². The number of aryl methyl sites for hydroxylation is 1. The first kappa shape index (κ1) is 15.6. The van der Waals surface area contributed by atoms with E-state index in [4.69, 9.17) is 11.6 Å². The molecule has 1 aromatic heterocycles. The molecule has 3 nitrogen and oxygen atoms in total. The summed E-state index contributed by atoms with van der Waals surface area (Å²) in [6.07, 6.45) is -4.63. The maximum absolute atomic E-state index is 12.8. The van der Waals surface area contributed by atoms with Gasteiger partial charge in [0.1, 0.15) is 11.0 Å². The maximum atomic E-state index is 12.8. The Morgan fingerprint density at radius 2 is 1.76 bits per heavy atom. The monoisotopic (exact) mass is 315 g/mol. The number of rotatable bonds is 3. The third-order valence-electron chi connectivity index (χ3n) is 2.87. The third kappa shape index (κ3) is 3.64. The zero-order chi connectivity index (χ0) is 15.6. The highest BCUT2D eigenvalue weighted by Crippen LogP contribution is 2.31. The number of benzene rings is 1. The Balaban J connectivity index is 2.47. The summed E-state index contributed by atoms with van der Waals surface area (Å²) in [5.41, 5.74) is 1.80. The summed E-state index contributed by atoms with van der Waals surface area (Å²) in [5.74, 6) is -1.12. The summed E-state index contributed by atoms with van der Waals surface area (Å²) in [7, 11) is 0. The Morgan fingerprint density at radius 1 is 1.14 bits per heavy atom. The summed E-state index contributed by atoms with van der Waals surface area (Å²) < 4.78 is 38.3. The lowest BCUT2D eigenvalue weighted by atomic mass is 10.2. The number of alkyl halides is 3. The molecule has 0 unspecified atom stereocenters. The highest BCUT2D eigenvalue weighted by Gasteiger charge is 2.35. The molecule has 0 radical (unpaired) electrons. The quantitative estimate of drug-likeness (QED) is 0.774. The molecular weight excluding hydrogens is 303 g/mol. The van der Waals surface area contributed by atoms with Crippen molar-refractivity contribution in [2.45, 2.75) is 20.0 Å². The predicted molar refractivity (Wildman–Crippen MR) is 75.9 cm³/mol. The number of hydrogen-bond donors (Lipinski definition) is 0. The van der Waals surface area contributed by atoms with Gasteiger partial charge < -0.3 is 4.90 Å². The lowest BCUT2D eigenvalue weighted by Crippen LogP contribution is -2.20. The summed E-state index contributed by atoms with van der Waals surface area (Å²) in [6.45, 7) is 4.21. The van der Waals surface area contributed by atoms with Crippen molar-refractivity contribution in [2.24, 2.45) is 0 Å². The molecule has 0 bridgehead atoms. The van der Waals surface area contributed by atoms with E-state index in [1.54, 1.807) is 4.90 Å². The van der Waals surface area contributed by atoms with E-state index in [-0.39, 0.29) is 11.0 Å². The highest BCUT2D eigenvalue weighted by atomic mass is 35.5. The first-order chi connectivity index (χ1) is 9.81. The molecule has 0 saturated carbocycles. The molecule has 2 aromatic rings. The van der Waals surface area contributed by atoms with Gasteiger partial charge in [0.2, 0.25) is 5.82 Å². The van der Waals surface area contributed by atoms with Crippen molar-refractivity contribution in [1.29, 1.82) is 0 Å². The zero-order valence-electron chi connectivity index (χ0n) is 11.4. The SMILES string of the molecule is CCN(c1ccc(C)cc1)c1cc(Cl)nc(C(F)(F)F)n1. The van der Waals surface area contributed by atoms with Crippen molar-refractivity contribution in [3.05, 3.63) is 46.9 Å². The fraction of sp³-hybridized carbons (Fsp3) is 0.286. The van der Waals surface area contributed by atoms with Gasteiger partial charge in [-0.05, 0) is 26.0 Å². The van der Waals surface area contributed by atoms with Crippen LogP contribution in [0.1, 0.15) is 18.3 Å². The molecule has 0 atom stereocenters. The molecule has 0 aliphatic heterocycles. The fourth-order valence-corrected chi connectivity index (χ4v) is 2.05. The fourth-order valence-electron chi connectivity index (χ4n) is 1.87. The second-order valence-electron chi connectivity index (χ2n) is 4.45. The van der Waals surface area contributed by atoms with Crippen LogP contribution in [0.15, 0.2) is 30.3 Å². The van der Waals surface area contributed by atoms with E-state index in [1.807, 2.05) is 38.1 Å².